The van der Waals surface area contributed by atoms with Gasteiger partial charge in [0.05, 0.1) is 6.54 Å². The van der Waals surface area contributed by atoms with Gasteiger partial charge < -0.3 is 10.5 Å². The molecule has 1 aromatic heterocycles. The van der Waals surface area contributed by atoms with E-state index >= 15 is 0 Å². The number of hydrogen-bond donors (Lipinski definition) is 1. The molecule has 0 saturated heterocycles. The van der Waals surface area contributed by atoms with Gasteiger partial charge in [0.2, 0.25) is 0 Å². The van der Waals surface area contributed by atoms with Crippen LogP contribution in [0.5, 0.6) is 5.75 Å². The summed E-state index contributed by atoms with van der Waals surface area (Å²) in [6.07, 6.45) is 1.86. The van der Waals surface area contributed by atoms with Crippen molar-refractivity contribution in [3.8, 4) is 5.75 Å². The summed E-state index contributed by atoms with van der Waals surface area (Å²) in [4.78, 5) is 0. The molecule has 0 saturated carbocycles. The van der Waals surface area contributed by atoms with E-state index in [1.165, 1.54) is 0 Å². The number of rotatable bonds is 5. The Kier molecular flexibility index (Phi) is 3.87. The van der Waals surface area contributed by atoms with Crippen LogP contribution in [0.1, 0.15) is 11.1 Å². The SMILES string of the molecule is Nc1ccn(Cc2ccccc2OCc2ccccc2)n1. The molecule has 0 radical (unpaired) electrons. The summed E-state index contributed by atoms with van der Waals surface area (Å²) >= 11 is 0. The third-order valence-corrected chi connectivity index (χ3v) is 3.20. The Hall–Kier alpha value is -2.75. The van der Waals surface area contributed by atoms with Gasteiger partial charge in [0, 0.05) is 11.8 Å². The zero-order chi connectivity index (χ0) is 14.5. The van der Waals surface area contributed by atoms with Crippen molar-refractivity contribution < 1.29 is 4.74 Å². The third-order valence-electron chi connectivity index (χ3n) is 3.20. The van der Waals surface area contributed by atoms with Gasteiger partial charge in [-0.1, -0.05) is 48.5 Å². The van der Waals surface area contributed by atoms with Crippen molar-refractivity contribution >= 4 is 5.82 Å². The summed E-state index contributed by atoms with van der Waals surface area (Å²) in [6, 6.07) is 19.9. The molecule has 1 heterocycles. The highest BCUT2D eigenvalue weighted by molar-refractivity contribution is 5.34. The van der Waals surface area contributed by atoms with Gasteiger partial charge in [-0.15, -0.1) is 0 Å². The molecule has 0 atom stereocenters. The predicted molar refractivity (Wildman–Crippen MR) is 83.0 cm³/mol. The first-order chi connectivity index (χ1) is 10.3. The topological polar surface area (TPSA) is 53.1 Å². The van der Waals surface area contributed by atoms with E-state index < -0.39 is 0 Å². The standard InChI is InChI=1S/C17H17N3O/c18-17-10-11-20(19-17)12-15-8-4-5-9-16(15)21-13-14-6-2-1-3-7-14/h1-11H,12-13H2,(H2,18,19). The minimum absolute atomic E-state index is 0.526. The number of nitrogens with zero attached hydrogens (tertiary/aromatic N) is 2. The van der Waals surface area contributed by atoms with E-state index in [2.05, 4.69) is 17.2 Å². The van der Waals surface area contributed by atoms with E-state index in [-0.39, 0.29) is 0 Å². The number of nitrogens with two attached hydrogens (primary N) is 1. The van der Waals surface area contributed by atoms with Gasteiger partial charge in [-0.25, -0.2) is 0 Å². The fourth-order valence-electron chi connectivity index (χ4n) is 2.15. The normalized spacial score (nSPS) is 10.5. The molecule has 3 rings (SSSR count). The Morgan fingerprint density at radius 1 is 0.952 bits per heavy atom. The van der Waals surface area contributed by atoms with Crippen LogP contribution < -0.4 is 10.5 Å². The fraction of sp³-hybridized carbons (Fsp3) is 0.118. The Labute approximate surface area is 123 Å². The minimum Gasteiger partial charge on any atom is -0.489 e. The van der Waals surface area contributed by atoms with E-state index in [4.69, 9.17) is 10.5 Å². The first-order valence-electron chi connectivity index (χ1n) is 6.85. The second-order valence-electron chi connectivity index (χ2n) is 4.82. The Bertz CT molecular complexity index is 707. The van der Waals surface area contributed by atoms with E-state index in [1.807, 2.05) is 48.7 Å². The van der Waals surface area contributed by atoms with Crippen LogP contribution in [0.3, 0.4) is 0 Å². The molecule has 4 nitrogen and oxygen atoms in total. The molecule has 0 aliphatic heterocycles. The van der Waals surface area contributed by atoms with Crippen LogP contribution in [-0.4, -0.2) is 9.78 Å². The average molecular weight is 279 g/mol. The van der Waals surface area contributed by atoms with Crippen molar-refractivity contribution in [2.24, 2.45) is 0 Å². The summed E-state index contributed by atoms with van der Waals surface area (Å²) in [5.74, 6) is 1.40. The number of para-hydroxylation sites is 1. The lowest BCUT2D eigenvalue weighted by Crippen LogP contribution is -2.04. The third kappa shape index (κ3) is 3.42. The molecule has 0 amide bonds. The zero-order valence-electron chi connectivity index (χ0n) is 11.6. The van der Waals surface area contributed by atoms with Crippen LogP contribution in [0.2, 0.25) is 0 Å². The molecule has 0 bridgehead atoms. The van der Waals surface area contributed by atoms with Crippen LogP contribution in [0.25, 0.3) is 0 Å². The van der Waals surface area contributed by atoms with Gasteiger partial charge >= 0.3 is 0 Å². The highest BCUT2D eigenvalue weighted by Gasteiger charge is 2.05. The molecule has 2 N–H and O–H groups in total. The number of anilines is 1. The molecule has 2 aromatic carbocycles. The van der Waals surface area contributed by atoms with E-state index in [1.54, 1.807) is 10.7 Å². The van der Waals surface area contributed by atoms with Crippen molar-refractivity contribution in [3.63, 3.8) is 0 Å². The van der Waals surface area contributed by atoms with Crippen molar-refractivity contribution in [3.05, 3.63) is 78.0 Å². The van der Waals surface area contributed by atoms with Crippen LogP contribution in [0.15, 0.2) is 66.9 Å². The number of benzene rings is 2. The first-order valence-corrected chi connectivity index (χ1v) is 6.85. The molecule has 0 fully saturated rings. The maximum atomic E-state index is 5.93. The summed E-state index contributed by atoms with van der Waals surface area (Å²) in [7, 11) is 0. The molecule has 0 spiro atoms. The molecule has 0 aliphatic carbocycles. The van der Waals surface area contributed by atoms with E-state index in [0.717, 1.165) is 16.9 Å². The van der Waals surface area contributed by atoms with Crippen LogP contribution in [-0.2, 0) is 13.2 Å². The lowest BCUT2D eigenvalue weighted by atomic mass is 10.2. The molecule has 3 aromatic rings. The number of aromatic nitrogens is 2. The van der Waals surface area contributed by atoms with Gasteiger partial charge in [0.15, 0.2) is 0 Å². The molecule has 21 heavy (non-hydrogen) atoms. The van der Waals surface area contributed by atoms with Crippen molar-refractivity contribution in [2.75, 3.05) is 5.73 Å². The molecule has 106 valence electrons. The summed E-state index contributed by atoms with van der Waals surface area (Å²) in [6.45, 7) is 1.20. The van der Waals surface area contributed by atoms with Gasteiger partial charge in [0.25, 0.3) is 0 Å². The molecule has 0 unspecified atom stereocenters. The molecule has 0 aliphatic rings. The fourth-order valence-corrected chi connectivity index (χ4v) is 2.15. The Balaban J connectivity index is 1.73. The summed E-state index contributed by atoms with van der Waals surface area (Å²) < 4.78 is 7.74. The van der Waals surface area contributed by atoms with Gasteiger partial charge in [-0.2, -0.15) is 5.10 Å². The number of hydrogen-bond acceptors (Lipinski definition) is 3. The zero-order valence-corrected chi connectivity index (χ0v) is 11.6. The smallest absolute Gasteiger partial charge is 0.145 e. The second-order valence-corrected chi connectivity index (χ2v) is 4.82. The van der Waals surface area contributed by atoms with Gasteiger partial charge in [-0.3, -0.25) is 4.68 Å². The number of nitrogen functional groups attached to an aromatic ring is 1. The second kappa shape index (κ2) is 6.13. The lowest BCUT2D eigenvalue weighted by molar-refractivity contribution is 0.302. The summed E-state index contributed by atoms with van der Waals surface area (Å²) in [5.41, 5.74) is 7.87. The van der Waals surface area contributed by atoms with Gasteiger partial charge in [0.1, 0.15) is 18.2 Å². The Morgan fingerprint density at radius 2 is 1.71 bits per heavy atom. The summed E-state index contributed by atoms with van der Waals surface area (Å²) in [5, 5.41) is 4.20. The lowest BCUT2D eigenvalue weighted by Gasteiger charge is -2.11. The number of ether oxygens (including phenoxy) is 1. The quantitative estimate of drug-likeness (QED) is 0.780. The predicted octanol–water partition coefficient (Wildman–Crippen LogP) is 3.09. The monoisotopic (exact) mass is 279 g/mol. The Morgan fingerprint density at radius 3 is 2.48 bits per heavy atom. The van der Waals surface area contributed by atoms with Crippen LogP contribution in [0.4, 0.5) is 5.82 Å². The van der Waals surface area contributed by atoms with Gasteiger partial charge in [-0.05, 0) is 17.7 Å². The minimum atomic E-state index is 0.526. The van der Waals surface area contributed by atoms with Crippen LogP contribution in [0, 0.1) is 0 Å². The molecular formula is C17H17N3O. The van der Waals surface area contributed by atoms with E-state index in [9.17, 15) is 0 Å². The van der Waals surface area contributed by atoms with Crippen molar-refractivity contribution in [1.82, 2.24) is 9.78 Å². The van der Waals surface area contributed by atoms with Crippen molar-refractivity contribution in [2.45, 2.75) is 13.2 Å². The first kappa shape index (κ1) is 13.2. The highest BCUT2D eigenvalue weighted by atomic mass is 16.5. The molecule has 4 heteroatoms. The molecular weight excluding hydrogens is 262 g/mol. The highest BCUT2D eigenvalue weighted by Crippen LogP contribution is 2.20. The van der Waals surface area contributed by atoms with Crippen molar-refractivity contribution in [1.29, 1.82) is 0 Å². The van der Waals surface area contributed by atoms with Crippen LogP contribution >= 0.6 is 0 Å². The van der Waals surface area contributed by atoms with E-state index in [0.29, 0.717) is 19.0 Å². The largest absolute Gasteiger partial charge is 0.489 e. The average Bonchev–Trinajstić information content (AvgIpc) is 2.93. The maximum Gasteiger partial charge on any atom is 0.145 e. The maximum absolute atomic E-state index is 5.93.